The average Bonchev–Trinajstić information content (AvgIpc) is 3.17. The van der Waals surface area contributed by atoms with E-state index in [1.165, 1.54) is 11.1 Å². The van der Waals surface area contributed by atoms with Gasteiger partial charge in [0.05, 0.1) is 41.8 Å². The summed E-state index contributed by atoms with van der Waals surface area (Å²) in [6, 6.07) is 11.7. The number of nitrogens with zero attached hydrogens (tertiary/aromatic N) is 1. The molecule has 1 saturated carbocycles. The number of allylic oxidation sites excluding steroid dienone is 1. The van der Waals surface area contributed by atoms with Crippen LogP contribution in [-0.2, 0) is 31.0 Å². The standard InChI is InChI=1S/C37H49ClN2O6S/c1-25-7-5-16-37(42,24-45-18-17-44-3)32-12-9-29(32)21-40-22-36(15-6-8-27-19-30(38)11-13-31(27)36)23-46-34-14-10-28(20-33(34)40)35(41)39-47(4,43)26(25)2/h5,10-11,13-14,16,19-20,25-26,29,32,42H,4,6-9,12,15,17-18,21-24H2,1-3H3,(H,39,41,43)/b16-5+/t25-,26+,29-,32+,36-,37-,47?/m0/s1. The van der Waals surface area contributed by atoms with Gasteiger partial charge in [-0.2, -0.15) is 0 Å². The molecule has 1 unspecified atom stereocenters. The van der Waals surface area contributed by atoms with Crippen LogP contribution >= 0.6 is 11.6 Å². The number of halogens is 1. The molecule has 6 rings (SSSR count). The number of aliphatic hydroxyl groups is 1. The van der Waals surface area contributed by atoms with Gasteiger partial charge in [0, 0.05) is 41.5 Å². The molecular formula is C37H49ClN2O6S. The minimum absolute atomic E-state index is 0.0218. The van der Waals surface area contributed by atoms with Gasteiger partial charge in [0.2, 0.25) is 0 Å². The number of benzene rings is 2. The Morgan fingerprint density at radius 2 is 2.02 bits per heavy atom. The maximum atomic E-state index is 13.8. The first kappa shape index (κ1) is 34.3. The van der Waals surface area contributed by atoms with Gasteiger partial charge in [-0.15, -0.1) is 0 Å². The molecule has 1 spiro atoms. The fourth-order valence-electron chi connectivity index (χ4n) is 8.00. The fraction of sp³-hybridized carbons (Fsp3) is 0.568. The van der Waals surface area contributed by atoms with Crippen molar-refractivity contribution >= 4 is 38.8 Å². The van der Waals surface area contributed by atoms with Crippen LogP contribution in [0.3, 0.4) is 0 Å². The molecule has 7 atom stereocenters. The monoisotopic (exact) mass is 684 g/mol. The summed E-state index contributed by atoms with van der Waals surface area (Å²) < 4.78 is 34.4. The first-order valence-electron chi connectivity index (χ1n) is 16.9. The Hall–Kier alpha value is -2.56. The molecule has 0 radical (unpaired) electrons. The molecule has 2 aromatic rings. The largest absolute Gasteiger partial charge is 0.490 e. The number of aryl methyl sites for hydroxylation is 1. The molecule has 47 heavy (non-hydrogen) atoms. The van der Waals surface area contributed by atoms with E-state index in [1.807, 2.05) is 44.2 Å². The molecule has 10 heteroatoms. The number of anilines is 1. The lowest BCUT2D eigenvalue weighted by molar-refractivity contribution is -0.0994. The van der Waals surface area contributed by atoms with E-state index < -0.39 is 26.5 Å². The normalized spacial score (nSPS) is 34.7. The molecule has 2 aromatic carbocycles. The number of carbonyl (C=O) groups excluding carboxylic acids is 1. The Kier molecular flexibility index (Phi) is 10.0. The van der Waals surface area contributed by atoms with E-state index in [-0.39, 0.29) is 29.8 Å². The molecule has 2 aliphatic carbocycles. The van der Waals surface area contributed by atoms with Gasteiger partial charge in [-0.1, -0.05) is 36.7 Å². The Bertz CT molecular complexity index is 1610. The number of hydrogen-bond acceptors (Lipinski definition) is 7. The predicted octanol–water partition coefficient (Wildman–Crippen LogP) is 5.58. The smallest absolute Gasteiger partial charge is 0.262 e. The highest BCUT2D eigenvalue weighted by Crippen LogP contribution is 2.48. The van der Waals surface area contributed by atoms with Crippen LogP contribution < -0.4 is 14.4 Å². The Morgan fingerprint density at radius 1 is 1.19 bits per heavy atom. The van der Waals surface area contributed by atoms with E-state index in [4.69, 9.17) is 25.8 Å². The topological polar surface area (TPSA) is 97.3 Å². The third-order valence-corrected chi connectivity index (χ3v) is 13.6. The molecule has 0 saturated heterocycles. The number of amides is 1. The van der Waals surface area contributed by atoms with Crippen molar-refractivity contribution in [3.05, 3.63) is 70.3 Å². The van der Waals surface area contributed by atoms with E-state index in [1.54, 1.807) is 13.2 Å². The van der Waals surface area contributed by atoms with Gasteiger partial charge in [-0.05, 0) is 111 Å². The Balaban J connectivity index is 1.42. The van der Waals surface area contributed by atoms with E-state index in [0.29, 0.717) is 50.6 Å². The summed E-state index contributed by atoms with van der Waals surface area (Å²) in [6.45, 7) is 6.77. The summed E-state index contributed by atoms with van der Waals surface area (Å²) in [5.74, 6) is 4.40. The molecule has 2 bridgehead atoms. The highest BCUT2D eigenvalue weighted by molar-refractivity contribution is 7.99. The van der Waals surface area contributed by atoms with Crippen LogP contribution in [0.25, 0.3) is 0 Å². The van der Waals surface area contributed by atoms with E-state index in [0.717, 1.165) is 42.8 Å². The molecule has 256 valence electrons. The zero-order valence-corrected chi connectivity index (χ0v) is 29.4. The highest BCUT2D eigenvalue weighted by Gasteiger charge is 2.48. The van der Waals surface area contributed by atoms with E-state index >= 15 is 0 Å². The third kappa shape index (κ3) is 6.97. The molecule has 8 nitrogen and oxygen atoms in total. The van der Waals surface area contributed by atoms with E-state index in [9.17, 15) is 14.1 Å². The summed E-state index contributed by atoms with van der Waals surface area (Å²) in [6.07, 6.45) is 9.28. The van der Waals surface area contributed by atoms with Gasteiger partial charge < -0.3 is 24.2 Å². The molecule has 2 aliphatic heterocycles. The second kappa shape index (κ2) is 13.7. The minimum atomic E-state index is -2.98. The van der Waals surface area contributed by atoms with Gasteiger partial charge in [0.15, 0.2) is 0 Å². The van der Waals surface area contributed by atoms with Crippen LogP contribution in [0.1, 0.15) is 67.4 Å². The lowest BCUT2D eigenvalue weighted by Gasteiger charge is -2.49. The van der Waals surface area contributed by atoms with Crippen LogP contribution in [0.2, 0.25) is 5.02 Å². The molecule has 1 amide bonds. The number of fused-ring (bicyclic) bond motifs is 4. The minimum Gasteiger partial charge on any atom is -0.490 e. The number of ether oxygens (including phenoxy) is 3. The van der Waals surface area contributed by atoms with Crippen molar-refractivity contribution in [3.8, 4) is 5.75 Å². The first-order chi connectivity index (χ1) is 22.4. The van der Waals surface area contributed by atoms with E-state index in [2.05, 4.69) is 27.6 Å². The van der Waals surface area contributed by atoms with Crippen molar-refractivity contribution in [2.24, 2.45) is 17.8 Å². The molecule has 1 fully saturated rings. The molecule has 0 aromatic heterocycles. The predicted molar refractivity (Wildman–Crippen MR) is 189 cm³/mol. The quantitative estimate of drug-likeness (QED) is 0.241. The summed E-state index contributed by atoms with van der Waals surface area (Å²) in [4.78, 5) is 16.0. The molecule has 4 aliphatic rings. The summed E-state index contributed by atoms with van der Waals surface area (Å²) in [5, 5.41) is 12.6. The first-order valence-corrected chi connectivity index (χ1v) is 19.1. The SMILES string of the molecule is C=S1(=O)NC(=O)c2ccc3c(c2)N(C[C@@H]2CC[C@H]2[C@@](O)(COCCOC)/C=C/C[C@H](C)[C@H]1C)C[C@@]1(CCCc2cc(Cl)ccc21)CO3. The summed E-state index contributed by atoms with van der Waals surface area (Å²) >= 11 is 6.44. The fourth-order valence-corrected chi connectivity index (χ4v) is 9.68. The van der Waals surface area contributed by atoms with Gasteiger partial charge in [-0.3, -0.25) is 9.52 Å². The van der Waals surface area contributed by atoms with Crippen LogP contribution in [0.15, 0.2) is 48.6 Å². The number of nitrogens with one attached hydrogen (secondary N) is 1. The Morgan fingerprint density at radius 3 is 2.79 bits per heavy atom. The van der Waals surface area contributed by atoms with Crippen molar-refractivity contribution in [3.63, 3.8) is 0 Å². The maximum Gasteiger partial charge on any atom is 0.262 e. The number of methoxy groups -OCH3 is 1. The Labute approximate surface area is 284 Å². The van der Waals surface area contributed by atoms with Crippen molar-refractivity contribution in [2.45, 2.75) is 68.6 Å². The second-order valence-corrected chi connectivity index (χ2v) is 17.1. The van der Waals surface area contributed by atoms with Crippen LogP contribution in [0.5, 0.6) is 5.75 Å². The van der Waals surface area contributed by atoms with Crippen molar-refractivity contribution in [1.82, 2.24) is 4.72 Å². The van der Waals surface area contributed by atoms with Gasteiger partial charge in [0.25, 0.3) is 5.91 Å². The lowest BCUT2D eigenvalue weighted by Crippen LogP contribution is -2.54. The average molecular weight is 685 g/mol. The van der Waals surface area contributed by atoms with Crippen LogP contribution in [-0.4, -0.2) is 78.6 Å². The third-order valence-electron chi connectivity index (χ3n) is 11.2. The summed E-state index contributed by atoms with van der Waals surface area (Å²) in [5.41, 5.74) is 2.33. The van der Waals surface area contributed by atoms with Crippen molar-refractivity contribution in [2.75, 3.05) is 51.5 Å². The molecule has 2 N–H and O–H groups in total. The zero-order valence-electron chi connectivity index (χ0n) is 27.8. The van der Waals surface area contributed by atoms with Gasteiger partial charge in [-0.25, -0.2) is 4.21 Å². The number of rotatable bonds is 5. The zero-order chi connectivity index (χ0) is 33.4. The van der Waals surface area contributed by atoms with Crippen LogP contribution in [0, 0.1) is 17.8 Å². The number of hydrogen-bond donors (Lipinski definition) is 2. The molecular weight excluding hydrogens is 636 g/mol. The lowest BCUT2D eigenvalue weighted by atomic mass is 9.64. The second-order valence-electron chi connectivity index (χ2n) is 14.2. The molecule has 2 heterocycles. The van der Waals surface area contributed by atoms with Crippen molar-refractivity contribution < 1.29 is 28.3 Å². The number of carbonyl (C=O) groups is 1. The van der Waals surface area contributed by atoms with Crippen molar-refractivity contribution in [1.29, 1.82) is 0 Å². The van der Waals surface area contributed by atoms with Gasteiger partial charge in [0.1, 0.15) is 11.4 Å². The van der Waals surface area contributed by atoms with Gasteiger partial charge >= 0.3 is 0 Å². The van der Waals surface area contributed by atoms with Crippen LogP contribution in [0.4, 0.5) is 5.69 Å². The highest BCUT2D eigenvalue weighted by atomic mass is 35.5. The maximum absolute atomic E-state index is 13.8. The summed E-state index contributed by atoms with van der Waals surface area (Å²) in [7, 11) is -1.35.